The lowest BCUT2D eigenvalue weighted by Gasteiger charge is -2.35. The number of nitrogens with zero attached hydrogens (tertiary/aromatic N) is 1. The maximum Gasteiger partial charge on any atom is 0.337 e. The van der Waals surface area contributed by atoms with Gasteiger partial charge in [-0.1, -0.05) is 30.3 Å². The molecular weight excluding hydrogens is 316 g/mol. The fourth-order valence-corrected chi connectivity index (χ4v) is 4.59. The number of hydrazine groups is 1. The molecule has 2 aromatic carbocycles. The first-order valence-corrected chi connectivity index (χ1v) is 8.65. The molecule has 0 saturated carbocycles. The molecule has 0 bridgehead atoms. The molecule has 0 saturated heterocycles. The van der Waals surface area contributed by atoms with E-state index in [1.165, 1.54) is 18.2 Å². The second-order valence-electron chi connectivity index (χ2n) is 5.38. The summed E-state index contributed by atoms with van der Waals surface area (Å²) in [4.78, 5) is 11.6. The molecule has 120 valence electrons. The van der Waals surface area contributed by atoms with Gasteiger partial charge in [-0.15, -0.1) is 0 Å². The number of carboxylic acids is 1. The van der Waals surface area contributed by atoms with E-state index in [0.717, 1.165) is 10.6 Å². The van der Waals surface area contributed by atoms with Crippen LogP contribution in [0.1, 0.15) is 22.3 Å². The number of benzene rings is 2. The van der Waals surface area contributed by atoms with Crippen LogP contribution >= 0.6 is 0 Å². The normalized spacial score (nSPS) is 17.6. The molecule has 0 fully saturated rings. The summed E-state index contributed by atoms with van der Waals surface area (Å²) in [6, 6.07) is 12.9. The number of aromatic carboxylic acids is 1. The molecule has 3 rings (SSSR count). The average Bonchev–Trinajstić information content (AvgIpc) is 2.55. The molecule has 1 unspecified atom stereocenters. The lowest BCUT2D eigenvalue weighted by Crippen LogP contribution is -2.49. The highest BCUT2D eigenvalue weighted by Crippen LogP contribution is 2.35. The van der Waals surface area contributed by atoms with Crippen LogP contribution in [-0.2, 0) is 16.3 Å². The number of para-hydroxylation sites is 1. The smallest absolute Gasteiger partial charge is 0.337 e. The maximum absolute atomic E-state index is 12.8. The average molecular weight is 332 g/mol. The Labute approximate surface area is 134 Å². The number of rotatable bonds is 3. The van der Waals surface area contributed by atoms with Crippen molar-refractivity contribution in [1.82, 2.24) is 0 Å². The van der Waals surface area contributed by atoms with Crippen molar-refractivity contribution in [3.8, 4) is 0 Å². The molecule has 3 N–H and O–H groups in total. The lowest BCUT2D eigenvalue weighted by molar-refractivity contribution is 0.0697. The second kappa shape index (κ2) is 5.68. The molecule has 0 radical (unpaired) electrons. The van der Waals surface area contributed by atoms with E-state index >= 15 is 0 Å². The van der Waals surface area contributed by atoms with Crippen LogP contribution < -0.4 is 10.9 Å². The van der Waals surface area contributed by atoms with E-state index in [2.05, 4.69) is 0 Å². The van der Waals surface area contributed by atoms with E-state index in [1.807, 2.05) is 0 Å². The highest BCUT2D eigenvalue weighted by molar-refractivity contribution is 7.92. The summed E-state index contributed by atoms with van der Waals surface area (Å²) in [5, 5.41) is 9.43. The first kappa shape index (κ1) is 15.5. The van der Waals surface area contributed by atoms with Crippen LogP contribution in [-0.4, -0.2) is 24.9 Å². The van der Waals surface area contributed by atoms with Gasteiger partial charge in [-0.2, -0.15) is 0 Å². The topological polar surface area (TPSA) is 101 Å². The van der Waals surface area contributed by atoms with E-state index < -0.39 is 21.2 Å². The fourth-order valence-electron chi connectivity index (χ4n) is 2.90. The van der Waals surface area contributed by atoms with Crippen LogP contribution in [0.3, 0.4) is 0 Å². The third kappa shape index (κ3) is 2.58. The van der Waals surface area contributed by atoms with Gasteiger partial charge in [0.25, 0.3) is 0 Å². The summed E-state index contributed by atoms with van der Waals surface area (Å²) < 4.78 is 25.6. The van der Waals surface area contributed by atoms with Gasteiger partial charge >= 0.3 is 5.97 Å². The van der Waals surface area contributed by atoms with Gasteiger partial charge in [0.05, 0.1) is 16.1 Å². The lowest BCUT2D eigenvalue weighted by atomic mass is 9.99. The Morgan fingerprint density at radius 2 is 1.83 bits per heavy atom. The van der Waals surface area contributed by atoms with Crippen molar-refractivity contribution >= 4 is 21.5 Å². The van der Waals surface area contributed by atoms with Gasteiger partial charge in [0.1, 0.15) is 0 Å². The number of nitrogens with two attached hydrogens (primary N) is 1. The summed E-state index contributed by atoms with van der Waals surface area (Å²) in [5.41, 5.74) is 1.03. The maximum atomic E-state index is 12.8. The van der Waals surface area contributed by atoms with Crippen molar-refractivity contribution < 1.29 is 18.3 Å². The van der Waals surface area contributed by atoms with E-state index in [-0.39, 0.29) is 16.1 Å². The van der Waals surface area contributed by atoms with E-state index in [4.69, 9.17) is 5.84 Å². The zero-order chi connectivity index (χ0) is 16.6. The third-order valence-corrected chi connectivity index (χ3v) is 6.12. The standard InChI is InChI=1S/C16H16N2O4S/c17-18-14(23(21,22)12-6-2-1-3-7-12)10-9-11-5-4-8-13(15(11)18)16(19)20/h1-8,14H,9-10,17H2,(H,19,20). The number of hydrogen-bond donors (Lipinski definition) is 2. The Bertz CT molecular complexity index is 850. The summed E-state index contributed by atoms with van der Waals surface area (Å²) in [6.45, 7) is 0. The van der Waals surface area contributed by atoms with Crippen molar-refractivity contribution in [2.24, 2.45) is 5.84 Å². The SMILES string of the molecule is NN1c2c(cccc2C(=O)O)CCC1S(=O)(=O)c1ccccc1. The van der Waals surface area contributed by atoms with Crippen molar-refractivity contribution in [2.75, 3.05) is 5.01 Å². The largest absolute Gasteiger partial charge is 0.478 e. The Balaban J connectivity index is 2.08. The Morgan fingerprint density at radius 3 is 2.48 bits per heavy atom. The highest BCUT2D eigenvalue weighted by Gasteiger charge is 2.37. The predicted octanol–water partition coefficient (Wildman–Crippen LogP) is 1.81. The predicted molar refractivity (Wildman–Crippen MR) is 85.8 cm³/mol. The first-order chi connectivity index (χ1) is 10.9. The molecule has 2 aromatic rings. The minimum Gasteiger partial charge on any atom is -0.478 e. The van der Waals surface area contributed by atoms with Gasteiger partial charge in [-0.05, 0) is 36.6 Å². The molecule has 1 atom stereocenters. The zero-order valence-electron chi connectivity index (χ0n) is 12.2. The Kier molecular flexibility index (Phi) is 3.83. The van der Waals surface area contributed by atoms with Crippen molar-refractivity contribution in [3.05, 3.63) is 59.7 Å². The first-order valence-electron chi connectivity index (χ1n) is 7.11. The molecule has 0 amide bonds. The van der Waals surface area contributed by atoms with Crippen LogP contribution in [0.4, 0.5) is 5.69 Å². The monoisotopic (exact) mass is 332 g/mol. The molecule has 0 spiro atoms. The zero-order valence-corrected chi connectivity index (χ0v) is 13.0. The summed E-state index contributed by atoms with van der Waals surface area (Å²) >= 11 is 0. The van der Waals surface area contributed by atoms with E-state index in [0.29, 0.717) is 12.8 Å². The van der Waals surface area contributed by atoms with Gasteiger partial charge in [-0.25, -0.2) is 19.1 Å². The summed E-state index contributed by atoms with van der Waals surface area (Å²) in [6.07, 6.45) is 0.769. The van der Waals surface area contributed by atoms with Gasteiger partial charge < -0.3 is 5.11 Å². The quantitative estimate of drug-likeness (QED) is 0.831. The Morgan fingerprint density at radius 1 is 1.13 bits per heavy atom. The summed E-state index contributed by atoms with van der Waals surface area (Å²) in [5.74, 6) is 4.91. The fraction of sp³-hybridized carbons (Fsp3) is 0.188. The minimum atomic E-state index is -3.69. The van der Waals surface area contributed by atoms with Crippen LogP contribution in [0.25, 0.3) is 0 Å². The minimum absolute atomic E-state index is 0.0120. The van der Waals surface area contributed by atoms with Crippen LogP contribution in [0, 0.1) is 0 Å². The number of fused-ring (bicyclic) bond motifs is 1. The third-order valence-electron chi connectivity index (χ3n) is 4.01. The number of hydrogen-bond acceptors (Lipinski definition) is 5. The Hall–Kier alpha value is -2.38. The van der Waals surface area contributed by atoms with Crippen molar-refractivity contribution in [2.45, 2.75) is 23.1 Å². The molecule has 7 heteroatoms. The molecule has 1 aliphatic heterocycles. The number of aryl methyl sites for hydroxylation is 1. The molecule has 1 aliphatic rings. The van der Waals surface area contributed by atoms with E-state index in [1.54, 1.807) is 30.3 Å². The van der Waals surface area contributed by atoms with Gasteiger partial charge in [-0.3, -0.25) is 5.01 Å². The highest BCUT2D eigenvalue weighted by atomic mass is 32.2. The molecule has 1 heterocycles. The van der Waals surface area contributed by atoms with Gasteiger partial charge in [0.15, 0.2) is 5.37 Å². The molecule has 6 nitrogen and oxygen atoms in total. The number of carboxylic acid groups (broad SMARTS) is 1. The second-order valence-corrected chi connectivity index (χ2v) is 7.48. The number of anilines is 1. The van der Waals surface area contributed by atoms with Crippen LogP contribution in [0.15, 0.2) is 53.4 Å². The van der Waals surface area contributed by atoms with Crippen molar-refractivity contribution in [1.29, 1.82) is 0 Å². The van der Waals surface area contributed by atoms with Crippen LogP contribution in [0.5, 0.6) is 0 Å². The number of carbonyl (C=O) groups is 1. The van der Waals surface area contributed by atoms with Gasteiger partial charge in [0, 0.05) is 0 Å². The molecular formula is C16H16N2O4S. The molecule has 0 aromatic heterocycles. The van der Waals surface area contributed by atoms with E-state index in [9.17, 15) is 18.3 Å². The van der Waals surface area contributed by atoms with Gasteiger partial charge in [0.2, 0.25) is 9.84 Å². The van der Waals surface area contributed by atoms with Crippen LogP contribution in [0.2, 0.25) is 0 Å². The van der Waals surface area contributed by atoms with Crippen molar-refractivity contribution in [3.63, 3.8) is 0 Å². The molecule has 0 aliphatic carbocycles. The molecule has 23 heavy (non-hydrogen) atoms. The number of sulfone groups is 1. The summed E-state index contributed by atoms with van der Waals surface area (Å²) in [7, 11) is -3.69.